The maximum Gasteiger partial charge on any atom is 0.148 e. The van der Waals surface area contributed by atoms with Crippen LogP contribution in [0, 0.1) is 6.92 Å². The molecule has 0 unspecified atom stereocenters. The molecule has 0 aliphatic heterocycles. The third-order valence-corrected chi connectivity index (χ3v) is 2.47. The SMILES string of the molecule is COc1ccc(-n2nc(C)nc2CCN)cc1. The summed E-state index contributed by atoms with van der Waals surface area (Å²) in [5.74, 6) is 2.46. The van der Waals surface area contributed by atoms with E-state index in [9.17, 15) is 0 Å². The van der Waals surface area contributed by atoms with Crippen LogP contribution in [0.4, 0.5) is 0 Å². The normalized spacial score (nSPS) is 10.5. The van der Waals surface area contributed by atoms with E-state index >= 15 is 0 Å². The topological polar surface area (TPSA) is 66.0 Å². The van der Waals surface area contributed by atoms with Gasteiger partial charge in [-0.1, -0.05) is 0 Å². The van der Waals surface area contributed by atoms with Crippen LogP contribution in [0.3, 0.4) is 0 Å². The number of methoxy groups -OCH3 is 1. The Kier molecular flexibility index (Phi) is 3.39. The van der Waals surface area contributed by atoms with E-state index in [2.05, 4.69) is 10.1 Å². The molecule has 0 fully saturated rings. The molecule has 1 aromatic heterocycles. The van der Waals surface area contributed by atoms with Crippen LogP contribution in [0.2, 0.25) is 0 Å². The first-order valence-corrected chi connectivity index (χ1v) is 5.51. The maximum absolute atomic E-state index is 5.56. The highest BCUT2D eigenvalue weighted by Crippen LogP contribution is 2.15. The number of nitrogens with two attached hydrogens (primary N) is 1. The van der Waals surface area contributed by atoms with Crippen molar-refractivity contribution in [3.05, 3.63) is 35.9 Å². The van der Waals surface area contributed by atoms with E-state index in [1.807, 2.05) is 35.9 Å². The molecule has 0 saturated heterocycles. The van der Waals surface area contributed by atoms with Crippen molar-refractivity contribution in [3.8, 4) is 11.4 Å². The average Bonchev–Trinajstić information content (AvgIpc) is 2.71. The zero-order valence-electron chi connectivity index (χ0n) is 10.1. The highest BCUT2D eigenvalue weighted by Gasteiger charge is 2.08. The minimum absolute atomic E-state index is 0.564. The van der Waals surface area contributed by atoms with Crippen LogP contribution in [-0.2, 0) is 6.42 Å². The first kappa shape index (κ1) is 11.6. The minimum atomic E-state index is 0.564. The van der Waals surface area contributed by atoms with Gasteiger partial charge in [-0.25, -0.2) is 9.67 Å². The summed E-state index contributed by atoms with van der Waals surface area (Å²) < 4.78 is 6.94. The molecule has 0 saturated carbocycles. The van der Waals surface area contributed by atoms with Gasteiger partial charge in [-0.2, -0.15) is 5.10 Å². The quantitative estimate of drug-likeness (QED) is 0.856. The Bertz CT molecular complexity index is 490. The van der Waals surface area contributed by atoms with Crippen LogP contribution < -0.4 is 10.5 Å². The third-order valence-electron chi connectivity index (χ3n) is 2.47. The van der Waals surface area contributed by atoms with Gasteiger partial charge >= 0.3 is 0 Å². The number of aryl methyl sites for hydroxylation is 1. The average molecular weight is 232 g/mol. The summed E-state index contributed by atoms with van der Waals surface area (Å²) in [5, 5.41) is 4.36. The van der Waals surface area contributed by atoms with Crippen LogP contribution >= 0.6 is 0 Å². The molecule has 2 rings (SSSR count). The molecule has 17 heavy (non-hydrogen) atoms. The zero-order valence-corrected chi connectivity index (χ0v) is 10.1. The second-order valence-electron chi connectivity index (χ2n) is 3.72. The molecule has 2 N–H and O–H groups in total. The monoisotopic (exact) mass is 232 g/mol. The fourth-order valence-corrected chi connectivity index (χ4v) is 1.68. The lowest BCUT2D eigenvalue weighted by atomic mass is 10.3. The molecule has 90 valence electrons. The zero-order chi connectivity index (χ0) is 12.3. The van der Waals surface area contributed by atoms with Gasteiger partial charge in [-0.15, -0.1) is 0 Å². The number of aromatic nitrogens is 3. The smallest absolute Gasteiger partial charge is 0.148 e. The number of hydrogen-bond donors (Lipinski definition) is 1. The Morgan fingerprint density at radius 2 is 2.00 bits per heavy atom. The van der Waals surface area contributed by atoms with Gasteiger partial charge in [0.1, 0.15) is 17.4 Å². The number of benzene rings is 1. The second kappa shape index (κ2) is 4.97. The van der Waals surface area contributed by atoms with Gasteiger partial charge in [0.2, 0.25) is 0 Å². The molecule has 0 aliphatic rings. The largest absolute Gasteiger partial charge is 0.497 e. The Hall–Kier alpha value is -1.88. The lowest BCUT2D eigenvalue weighted by molar-refractivity contribution is 0.414. The lowest BCUT2D eigenvalue weighted by Gasteiger charge is -2.06. The first-order valence-electron chi connectivity index (χ1n) is 5.51. The molecular weight excluding hydrogens is 216 g/mol. The summed E-state index contributed by atoms with van der Waals surface area (Å²) in [6, 6.07) is 7.71. The van der Waals surface area contributed by atoms with Crippen LogP contribution in [0.1, 0.15) is 11.6 Å². The second-order valence-corrected chi connectivity index (χ2v) is 3.72. The van der Waals surface area contributed by atoms with Crippen molar-refractivity contribution in [3.63, 3.8) is 0 Å². The molecule has 0 bridgehead atoms. The summed E-state index contributed by atoms with van der Waals surface area (Å²) in [4.78, 5) is 4.36. The van der Waals surface area contributed by atoms with Gasteiger partial charge in [-0.05, 0) is 37.7 Å². The van der Waals surface area contributed by atoms with E-state index < -0.39 is 0 Å². The number of rotatable bonds is 4. The molecule has 1 heterocycles. The van der Waals surface area contributed by atoms with Crippen LogP contribution in [0.5, 0.6) is 5.75 Å². The third kappa shape index (κ3) is 2.45. The molecule has 5 heteroatoms. The predicted octanol–water partition coefficient (Wildman–Crippen LogP) is 1.09. The molecular formula is C12H16N4O. The molecule has 0 radical (unpaired) electrons. The van der Waals surface area contributed by atoms with Crippen molar-refractivity contribution < 1.29 is 4.74 Å². The molecule has 0 aliphatic carbocycles. The van der Waals surface area contributed by atoms with Gasteiger partial charge in [0.25, 0.3) is 0 Å². The van der Waals surface area contributed by atoms with Crippen molar-refractivity contribution >= 4 is 0 Å². The van der Waals surface area contributed by atoms with Gasteiger partial charge < -0.3 is 10.5 Å². The maximum atomic E-state index is 5.56. The Morgan fingerprint density at radius 3 is 2.59 bits per heavy atom. The van der Waals surface area contributed by atoms with E-state index in [-0.39, 0.29) is 0 Å². The number of hydrogen-bond acceptors (Lipinski definition) is 4. The summed E-state index contributed by atoms with van der Waals surface area (Å²) in [5.41, 5.74) is 6.53. The van der Waals surface area contributed by atoms with E-state index in [4.69, 9.17) is 10.5 Å². The van der Waals surface area contributed by atoms with E-state index in [0.29, 0.717) is 13.0 Å². The predicted molar refractivity (Wildman–Crippen MR) is 65.4 cm³/mol. The Balaban J connectivity index is 2.37. The van der Waals surface area contributed by atoms with E-state index in [1.54, 1.807) is 7.11 Å². The van der Waals surface area contributed by atoms with E-state index in [0.717, 1.165) is 23.1 Å². The molecule has 2 aromatic rings. The summed E-state index contributed by atoms with van der Waals surface area (Å²) in [7, 11) is 1.65. The standard InChI is InChI=1S/C12H16N4O/c1-9-14-12(7-8-13)16(15-9)10-3-5-11(17-2)6-4-10/h3-6H,7-8,13H2,1-2H3. The van der Waals surface area contributed by atoms with Gasteiger partial charge in [-0.3, -0.25) is 0 Å². The van der Waals surface area contributed by atoms with E-state index in [1.165, 1.54) is 0 Å². The fraction of sp³-hybridized carbons (Fsp3) is 0.333. The number of nitrogens with zero attached hydrogens (tertiary/aromatic N) is 3. The Morgan fingerprint density at radius 1 is 1.29 bits per heavy atom. The highest BCUT2D eigenvalue weighted by atomic mass is 16.5. The van der Waals surface area contributed by atoms with Crippen molar-refractivity contribution in [2.24, 2.45) is 5.73 Å². The molecule has 5 nitrogen and oxygen atoms in total. The van der Waals surface area contributed by atoms with Crippen LogP contribution in [0.25, 0.3) is 5.69 Å². The molecule has 0 atom stereocenters. The van der Waals surface area contributed by atoms with Crippen molar-refractivity contribution in [2.75, 3.05) is 13.7 Å². The Labute approximate surface area is 100 Å². The first-order chi connectivity index (χ1) is 8.24. The molecule has 0 amide bonds. The molecule has 1 aromatic carbocycles. The van der Waals surface area contributed by atoms with Gasteiger partial charge in [0.15, 0.2) is 0 Å². The highest BCUT2D eigenvalue weighted by molar-refractivity contribution is 5.37. The van der Waals surface area contributed by atoms with Crippen molar-refractivity contribution in [1.82, 2.24) is 14.8 Å². The summed E-state index contributed by atoms with van der Waals surface area (Å²) >= 11 is 0. The van der Waals surface area contributed by atoms with Crippen molar-refractivity contribution in [2.45, 2.75) is 13.3 Å². The fourth-order valence-electron chi connectivity index (χ4n) is 1.68. The van der Waals surface area contributed by atoms with Gasteiger partial charge in [0.05, 0.1) is 12.8 Å². The van der Waals surface area contributed by atoms with Crippen molar-refractivity contribution in [1.29, 1.82) is 0 Å². The number of ether oxygens (including phenoxy) is 1. The minimum Gasteiger partial charge on any atom is -0.497 e. The summed E-state index contributed by atoms with van der Waals surface area (Å²) in [6.45, 7) is 2.44. The van der Waals surface area contributed by atoms with Crippen LogP contribution in [-0.4, -0.2) is 28.4 Å². The molecule has 0 spiro atoms. The summed E-state index contributed by atoms with van der Waals surface area (Å²) in [6.07, 6.45) is 0.715. The van der Waals surface area contributed by atoms with Gasteiger partial charge in [0, 0.05) is 6.42 Å². The lowest BCUT2D eigenvalue weighted by Crippen LogP contribution is -2.09. The van der Waals surface area contributed by atoms with Crippen LogP contribution in [0.15, 0.2) is 24.3 Å².